The van der Waals surface area contributed by atoms with Crippen LogP contribution in [0.25, 0.3) is 17.3 Å². The highest BCUT2D eigenvalue weighted by Crippen LogP contribution is 2.29. The molecule has 0 aliphatic rings. The SMILES string of the molecule is C=Cc1ccc(OC)c(-c2cccc(C)n2)c1. The Morgan fingerprint density at radius 1 is 1.24 bits per heavy atom. The van der Waals surface area contributed by atoms with Crippen LogP contribution in [-0.2, 0) is 0 Å². The van der Waals surface area contributed by atoms with E-state index in [0.717, 1.165) is 28.3 Å². The van der Waals surface area contributed by atoms with Crippen LogP contribution in [0.2, 0.25) is 0 Å². The van der Waals surface area contributed by atoms with Gasteiger partial charge in [-0.05, 0) is 36.8 Å². The number of methoxy groups -OCH3 is 1. The molecule has 0 fully saturated rings. The van der Waals surface area contributed by atoms with E-state index in [-0.39, 0.29) is 0 Å². The van der Waals surface area contributed by atoms with Gasteiger partial charge in [-0.25, -0.2) is 0 Å². The summed E-state index contributed by atoms with van der Waals surface area (Å²) in [5.74, 6) is 0.828. The second-order valence-electron chi connectivity index (χ2n) is 3.83. The van der Waals surface area contributed by atoms with Gasteiger partial charge in [-0.1, -0.05) is 24.8 Å². The van der Waals surface area contributed by atoms with E-state index in [9.17, 15) is 0 Å². The number of hydrogen-bond acceptors (Lipinski definition) is 2. The van der Waals surface area contributed by atoms with E-state index >= 15 is 0 Å². The maximum absolute atomic E-state index is 5.36. The minimum Gasteiger partial charge on any atom is -0.496 e. The van der Waals surface area contributed by atoms with Gasteiger partial charge in [0.25, 0.3) is 0 Å². The molecule has 1 aromatic carbocycles. The summed E-state index contributed by atoms with van der Waals surface area (Å²) in [6, 6.07) is 11.9. The van der Waals surface area contributed by atoms with Crippen molar-refractivity contribution in [3.63, 3.8) is 0 Å². The van der Waals surface area contributed by atoms with E-state index < -0.39 is 0 Å². The largest absolute Gasteiger partial charge is 0.496 e. The van der Waals surface area contributed by atoms with Crippen molar-refractivity contribution >= 4 is 6.08 Å². The predicted molar refractivity (Wildman–Crippen MR) is 71.1 cm³/mol. The monoisotopic (exact) mass is 225 g/mol. The fourth-order valence-corrected chi connectivity index (χ4v) is 1.75. The third kappa shape index (κ3) is 2.36. The van der Waals surface area contributed by atoms with Crippen LogP contribution in [0, 0.1) is 6.92 Å². The number of aryl methyl sites for hydroxylation is 1. The van der Waals surface area contributed by atoms with Crippen LogP contribution < -0.4 is 4.74 Å². The van der Waals surface area contributed by atoms with Crippen LogP contribution in [0.5, 0.6) is 5.75 Å². The molecule has 0 aliphatic carbocycles. The Bertz CT molecular complexity index is 546. The molecule has 2 rings (SSSR count). The van der Waals surface area contributed by atoms with Crippen LogP contribution in [0.3, 0.4) is 0 Å². The van der Waals surface area contributed by atoms with Gasteiger partial charge in [0.1, 0.15) is 5.75 Å². The summed E-state index contributed by atoms with van der Waals surface area (Å²) in [5.41, 5.74) is 3.97. The minimum atomic E-state index is 0.828. The highest BCUT2D eigenvalue weighted by atomic mass is 16.5. The third-order valence-electron chi connectivity index (χ3n) is 2.62. The molecule has 1 heterocycles. The van der Waals surface area contributed by atoms with Crippen LogP contribution in [0.4, 0.5) is 0 Å². The Kier molecular flexibility index (Phi) is 3.24. The fraction of sp³-hybridized carbons (Fsp3) is 0.133. The number of hydrogen-bond donors (Lipinski definition) is 0. The molecule has 86 valence electrons. The van der Waals surface area contributed by atoms with Crippen molar-refractivity contribution in [1.29, 1.82) is 0 Å². The molecule has 0 saturated carbocycles. The van der Waals surface area contributed by atoms with E-state index in [2.05, 4.69) is 11.6 Å². The number of aromatic nitrogens is 1. The molecular formula is C15H15NO. The van der Waals surface area contributed by atoms with Crippen LogP contribution in [0.1, 0.15) is 11.3 Å². The van der Waals surface area contributed by atoms with Crippen LogP contribution >= 0.6 is 0 Å². The van der Waals surface area contributed by atoms with Gasteiger partial charge in [-0.15, -0.1) is 0 Å². The molecule has 2 heteroatoms. The Morgan fingerprint density at radius 3 is 2.71 bits per heavy atom. The summed E-state index contributed by atoms with van der Waals surface area (Å²) < 4.78 is 5.36. The van der Waals surface area contributed by atoms with Crippen molar-refractivity contribution in [2.45, 2.75) is 6.92 Å². The van der Waals surface area contributed by atoms with Crippen molar-refractivity contribution < 1.29 is 4.74 Å². The van der Waals surface area contributed by atoms with E-state index in [1.807, 2.05) is 49.4 Å². The summed E-state index contributed by atoms with van der Waals surface area (Å²) in [4.78, 5) is 4.51. The minimum absolute atomic E-state index is 0.828. The Labute approximate surface area is 102 Å². The van der Waals surface area contributed by atoms with Gasteiger partial charge in [-0.2, -0.15) is 0 Å². The highest BCUT2D eigenvalue weighted by Gasteiger charge is 2.07. The van der Waals surface area contributed by atoms with E-state index in [4.69, 9.17) is 4.74 Å². The Morgan fingerprint density at radius 2 is 2.06 bits per heavy atom. The second-order valence-corrected chi connectivity index (χ2v) is 3.83. The number of pyridine rings is 1. The summed E-state index contributed by atoms with van der Waals surface area (Å²) in [6.07, 6.45) is 1.82. The lowest BCUT2D eigenvalue weighted by molar-refractivity contribution is 0.416. The summed E-state index contributed by atoms with van der Waals surface area (Å²) >= 11 is 0. The lowest BCUT2D eigenvalue weighted by Gasteiger charge is -2.09. The Hall–Kier alpha value is -2.09. The van der Waals surface area contributed by atoms with Gasteiger partial charge in [0.15, 0.2) is 0 Å². The van der Waals surface area contributed by atoms with E-state index in [1.165, 1.54) is 0 Å². The smallest absolute Gasteiger partial charge is 0.128 e. The maximum atomic E-state index is 5.36. The second kappa shape index (κ2) is 4.83. The topological polar surface area (TPSA) is 22.1 Å². The molecule has 0 bridgehead atoms. The molecule has 0 aliphatic heterocycles. The molecule has 0 radical (unpaired) electrons. The Balaban J connectivity index is 2.59. The van der Waals surface area contributed by atoms with Crippen LogP contribution in [0.15, 0.2) is 43.0 Å². The molecule has 0 atom stereocenters. The number of nitrogens with zero attached hydrogens (tertiary/aromatic N) is 1. The van der Waals surface area contributed by atoms with Crippen molar-refractivity contribution in [3.8, 4) is 17.0 Å². The number of rotatable bonds is 3. The third-order valence-corrected chi connectivity index (χ3v) is 2.62. The first kappa shape index (κ1) is 11.4. The maximum Gasteiger partial charge on any atom is 0.128 e. The van der Waals surface area contributed by atoms with Crippen molar-refractivity contribution in [2.24, 2.45) is 0 Å². The zero-order valence-corrected chi connectivity index (χ0v) is 10.1. The first-order valence-corrected chi connectivity index (χ1v) is 5.49. The molecule has 17 heavy (non-hydrogen) atoms. The van der Waals surface area contributed by atoms with Gasteiger partial charge in [0.05, 0.1) is 12.8 Å². The normalized spacial score (nSPS) is 10.0. The number of benzene rings is 1. The highest BCUT2D eigenvalue weighted by molar-refractivity contribution is 5.70. The van der Waals surface area contributed by atoms with Crippen molar-refractivity contribution in [3.05, 3.63) is 54.2 Å². The summed E-state index contributed by atoms with van der Waals surface area (Å²) in [5, 5.41) is 0. The zero-order valence-electron chi connectivity index (χ0n) is 10.1. The molecule has 0 amide bonds. The van der Waals surface area contributed by atoms with Gasteiger partial charge in [0, 0.05) is 11.3 Å². The first-order chi connectivity index (χ1) is 8.24. The summed E-state index contributed by atoms with van der Waals surface area (Å²) in [6.45, 7) is 5.76. The standard InChI is InChI=1S/C15H15NO/c1-4-12-8-9-15(17-3)13(10-12)14-7-5-6-11(2)16-14/h4-10H,1H2,2-3H3. The molecule has 0 saturated heterocycles. The number of ether oxygens (including phenoxy) is 1. The lowest BCUT2D eigenvalue weighted by Crippen LogP contribution is -1.92. The first-order valence-electron chi connectivity index (χ1n) is 5.49. The quantitative estimate of drug-likeness (QED) is 0.794. The molecule has 0 spiro atoms. The molecular weight excluding hydrogens is 210 g/mol. The average Bonchev–Trinajstić information content (AvgIpc) is 2.38. The van der Waals surface area contributed by atoms with Gasteiger partial charge in [0.2, 0.25) is 0 Å². The fourth-order valence-electron chi connectivity index (χ4n) is 1.75. The average molecular weight is 225 g/mol. The predicted octanol–water partition coefficient (Wildman–Crippen LogP) is 3.71. The molecule has 1 aromatic heterocycles. The van der Waals surface area contributed by atoms with Crippen LogP contribution in [-0.4, -0.2) is 12.1 Å². The molecule has 0 N–H and O–H groups in total. The molecule has 2 aromatic rings. The molecule has 0 unspecified atom stereocenters. The summed E-state index contributed by atoms with van der Waals surface area (Å²) in [7, 11) is 1.67. The van der Waals surface area contributed by atoms with Gasteiger partial charge in [-0.3, -0.25) is 4.98 Å². The lowest BCUT2D eigenvalue weighted by atomic mass is 10.1. The molecule has 2 nitrogen and oxygen atoms in total. The van der Waals surface area contributed by atoms with Gasteiger partial charge < -0.3 is 4.74 Å². The van der Waals surface area contributed by atoms with E-state index in [1.54, 1.807) is 7.11 Å². The van der Waals surface area contributed by atoms with E-state index in [0.29, 0.717) is 0 Å². The van der Waals surface area contributed by atoms with Crippen molar-refractivity contribution in [1.82, 2.24) is 4.98 Å². The zero-order chi connectivity index (χ0) is 12.3. The van der Waals surface area contributed by atoms with Crippen molar-refractivity contribution in [2.75, 3.05) is 7.11 Å². The van der Waals surface area contributed by atoms with Gasteiger partial charge >= 0.3 is 0 Å².